The van der Waals surface area contributed by atoms with E-state index in [1.807, 2.05) is 13.1 Å². The molecule has 1 fully saturated rings. The smallest absolute Gasteiger partial charge is 0.244 e. The van der Waals surface area contributed by atoms with Gasteiger partial charge in [-0.15, -0.1) is 0 Å². The molecule has 1 saturated heterocycles. The number of aliphatic imine (C=N–C) groups is 1. The number of methoxy groups -OCH3 is 1. The highest BCUT2D eigenvalue weighted by atomic mass is 16.7. The molecule has 1 rings (SSSR count). The molecule has 248 valence electrons. The predicted octanol–water partition coefficient (Wildman–Crippen LogP) is 3.48. The fourth-order valence-electron chi connectivity index (χ4n) is 5.12. The summed E-state index contributed by atoms with van der Waals surface area (Å²) < 4.78 is 17.9. The van der Waals surface area contributed by atoms with Gasteiger partial charge in [-0.25, -0.2) is 0 Å². The number of amides is 1. The van der Waals surface area contributed by atoms with Crippen LogP contribution in [0, 0.1) is 0 Å². The van der Waals surface area contributed by atoms with Crippen molar-refractivity contribution in [1.82, 2.24) is 10.2 Å². The molecule has 43 heavy (non-hydrogen) atoms. The van der Waals surface area contributed by atoms with Crippen molar-refractivity contribution in [3.8, 4) is 0 Å². The number of ether oxygens (including phenoxy) is 3. The van der Waals surface area contributed by atoms with E-state index in [9.17, 15) is 9.90 Å². The molecule has 10 nitrogen and oxygen atoms in total. The first kappa shape index (κ1) is 39.1. The van der Waals surface area contributed by atoms with Gasteiger partial charge < -0.3 is 41.0 Å². The third-order valence-electron chi connectivity index (χ3n) is 7.93. The standard InChI is InChI=1S/C33H61N5O5/c1-22(2)12-10-13-23(3)14-11-15-24(4)18-19-37-21-29(39)38(8)30(26(6)41-9)31(40)32(25(5)34)43-33-28(35)17-16-27(42-33)20-36-7/h12,14,18-19,25-28,30-33,36,40H,10-11,13,15-17,20-21,34-35H2,1-9H3/b23-14+,24-18+,37-19+/t25?,26?,27?,28-,30?,31?,32?,33?/m0/s1. The second-order valence-corrected chi connectivity index (χ2v) is 12.2. The molecule has 0 aromatic carbocycles. The van der Waals surface area contributed by atoms with Crippen LogP contribution in [0.1, 0.15) is 80.1 Å². The summed E-state index contributed by atoms with van der Waals surface area (Å²) in [5.41, 5.74) is 16.5. The number of nitrogens with zero attached hydrogens (tertiary/aromatic N) is 2. The van der Waals surface area contributed by atoms with Crippen molar-refractivity contribution in [2.24, 2.45) is 16.5 Å². The summed E-state index contributed by atoms with van der Waals surface area (Å²) in [7, 11) is 5.04. The molecule has 8 atom stereocenters. The van der Waals surface area contributed by atoms with Crippen molar-refractivity contribution < 1.29 is 24.1 Å². The summed E-state index contributed by atoms with van der Waals surface area (Å²) in [5.74, 6) is -0.256. The van der Waals surface area contributed by atoms with Gasteiger partial charge in [-0.1, -0.05) is 28.9 Å². The van der Waals surface area contributed by atoms with Crippen LogP contribution in [-0.2, 0) is 19.0 Å². The van der Waals surface area contributed by atoms with Crippen molar-refractivity contribution in [3.05, 3.63) is 34.9 Å². The number of nitrogens with one attached hydrogen (secondary N) is 1. The average molecular weight is 608 g/mol. The Morgan fingerprint density at radius 2 is 1.79 bits per heavy atom. The minimum Gasteiger partial charge on any atom is -0.388 e. The summed E-state index contributed by atoms with van der Waals surface area (Å²) >= 11 is 0. The maximum Gasteiger partial charge on any atom is 0.244 e. The Hall–Kier alpha value is -1.92. The maximum atomic E-state index is 13.2. The van der Waals surface area contributed by atoms with Crippen LogP contribution in [0.4, 0.5) is 0 Å². The predicted molar refractivity (Wildman–Crippen MR) is 176 cm³/mol. The Bertz CT molecular complexity index is 931. The topological polar surface area (TPSA) is 145 Å². The molecule has 1 heterocycles. The molecule has 0 spiro atoms. The highest BCUT2D eigenvalue weighted by Gasteiger charge is 2.41. The molecule has 0 aromatic heterocycles. The first-order valence-corrected chi connectivity index (χ1v) is 15.7. The van der Waals surface area contributed by atoms with Gasteiger partial charge in [-0.2, -0.15) is 0 Å². The number of hydrogen-bond donors (Lipinski definition) is 4. The SMILES string of the molecule is CNCC1CC[C@H](N)C(OC(C(C)N)C(O)C(C(C)OC)N(C)C(=O)C/N=C/C=C(\C)CC/C=C(\C)CCC=C(C)C)O1. The van der Waals surface area contributed by atoms with Crippen molar-refractivity contribution in [1.29, 1.82) is 0 Å². The lowest BCUT2D eigenvalue weighted by molar-refractivity contribution is -0.244. The molecule has 6 N–H and O–H groups in total. The number of aliphatic hydroxyl groups is 1. The van der Waals surface area contributed by atoms with Crippen LogP contribution in [-0.4, -0.2) is 105 Å². The third kappa shape index (κ3) is 14.6. The van der Waals surface area contributed by atoms with Gasteiger partial charge in [0.15, 0.2) is 6.29 Å². The van der Waals surface area contributed by atoms with E-state index >= 15 is 0 Å². The van der Waals surface area contributed by atoms with Crippen molar-refractivity contribution in [2.75, 3.05) is 34.3 Å². The first-order valence-electron chi connectivity index (χ1n) is 15.7. The molecule has 0 bridgehead atoms. The molecule has 1 aliphatic rings. The van der Waals surface area contributed by atoms with Gasteiger partial charge in [0.1, 0.15) is 18.8 Å². The Balaban J connectivity index is 2.82. The summed E-state index contributed by atoms with van der Waals surface area (Å²) in [4.78, 5) is 19.0. The fourth-order valence-corrected chi connectivity index (χ4v) is 5.12. The number of likely N-dealkylation sites (N-methyl/N-ethyl adjacent to an activating group) is 2. The number of nitrogens with two attached hydrogens (primary N) is 2. The van der Waals surface area contributed by atoms with E-state index in [4.69, 9.17) is 25.7 Å². The number of carbonyl (C=O) groups is 1. The normalized spacial score (nSPS) is 23.5. The van der Waals surface area contributed by atoms with E-state index < -0.39 is 36.7 Å². The van der Waals surface area contributed by atoms with Crippen LogP contribution >= 0.6 is 0 Å². The third-order valence-corrected chi connectivity index (χ3v) is 7.93. The molecule has 10 heteroatoms. The highest BCUT2D eigenvalue weighted by Crippen LogP contribution is 2.24. The summed E-state index contributed by atoms with van der Waals surface area (Å²) in [5, 5.41) is 14.7. The van der Waals surface area contributed by atoms with Crippen LogP contribution in [0.3, 0.4) is 0 Å². The number of rotatable bonds is 19. The number of hydrogen-bond acceptors (Lipinski definition) is 9. The molecular weight excluding hydrogens is 546 g/mol. The highest BCUT2D eigenvalue weighted by molar-refractivity contribution is 5.81. The second-order valence-electron chi connectivity index (χ2n) is 12.2. The van der Waals surface area contributed by atoms with Gasteiger partial charge in [0.2, 0.25) is 5.91 Å². The van der Waals surface area contributed by atoms with Crippen LogP contribution in [0.15, 0.2) is 39.9 Å². The Kier molecular flexibility index (Phi) is 19.0. The summed E-state index contributed by atoms with van der Waals surface area (Å²) in [6.07, 6.45) is 10.5. The molecule has 7 unspecified atom stereocenters. The zero-order valence-corrected chi connectivity index (χ0v) is 28.2. The average Bonchev–Trinajstić information content (AvgIpc) is 2.94. The molecular formula is C33H61N5O5. The summed E-state index contributed by atoms with van der Waals surface area (Å²) in [6.45, 7) is 12.7. The Morgan fingerprint density at radius 1 is 1.14 bits per heavy atom. The lowest BCUT2D eigenvalue weighted by atomic mass is 9.95. The summed E-state index contributed by atoms with van der Waals surface area (Å²) in [6, 6.07) is -1.65. The van der Waals surface area contributed by atoms with Gasteiger partial charge in [0.05, 0.1) is 24.3 Å². The fraction of sp³-hybridized carbons (Fsp3) is 0.758. The van der Waals surface area contributed by atoms with Crippen molar-refractivity contribution in [3.63, 3.8) is 0 Å². The zero-order chi connectivity index (χ0) is 32.5. The van der Waals surface area contributed by atoms with E-state index in [-0.39, 0.29) is 24.6 Å². The van der Waals surface area contributed by atoms with Gasteiger partial charge in [0.25, 0.3) is 0 Å². The molecule has 1 amide bonds. The minimum atomic E-state index is -1.16. The van der Waals surface area contributed by atoms with Gasteiger partial charge in [0, 0.05) is 33.0 Å². The van der Waals surface area contributed by atoms with E-state index in [1.54, 1.807) is 34.2 Å². The van der Waals surface area contributed by atoms with Crippen LogP contribution in [0.2, 0.25) is 0 Å². The van der Waals surface area contributed by atoms with Crippen molar-refractivity contribution >= 4 is 12.1 Å². The number of carbonyl (C=O) groups excluding carboxylic acids is 1. The van der Waals surface area contributed by atoms with Crippen LogP contribution in [0.25, 0.3) is 0 Å². The lowest BCUT2D eigenvalue weighted by Crippen LogP contribution is -2.61. The van der Waals surface area contributed by atoms with E-state index in [0.717, 1.165) is 38.5 Å². The van der Waals surface area contributed by atoms with Crippen molar-refractivity contribution in [2.45, 2.75) is 129 Å². The number of allylic oxidation sites excluding steroid dienone is 6. The Morgan fingerprint density at radius 3 is 2.40 bits per heavy atom. The molecule has 0 radical (unpaired) electrons. The number of aliphatic hydroxyl groups excluding tert-OH is 1. The largest absolute Gasteiger partial charge is 0.388 e. The van der Waals surface area contributed by atoms with E-state index in [1.165, 1.54) is 21.6 Å². The minimum absolute atomic E-state index is 0.0488. The zero-order valence-electron chi connectivity index (χ0n) is 28.2. The lowest BCUT2D eigenvalue weighted by Gasteiger charge is -2.42. The Labute approximate surface area is 261 Å². The van der Waals surface area contributed by atoms with Gasteiger partial charge in [-0.05, 0) is 93.2 Å². The second kappa shape index (κ2) is 20.9. The maximum absolute atomic E-state index is 13.2. The van der Waals surface area contributed by atoms with Crippen LogP contribution in [0.5, 0.6) is 0 Å². The van der Waals surface area contributed by atoms with E-state index in [2.05, 4.69) is 50.2 Å². The van der Waals surface area contributed by atoms with Gasteiger partial charge in [-0.3, -0.25) is 9.79 Å². The van der Waals surface area contributed by atoms with E-state index in [0.29, 0.717) is 6.54 Å². The van der Waals surface area contributed by atoms with Gasteiger partial charge >= 0.3 is 0 Å². The molecule has 0 aliphatic carbocycles. The van der Waals surface area contributed by atoms with Crippen LogP contribution < -0.4 is 16.8 Å². The monoisotopic (exact) mass is 607 g/mol. The quantitative estimate of drug-likeness (QED) is 0.129. The molecule has 0 saturated carbocycles. The molecule has 1 aliphatic heterocycles. The molecule has 0 aromatic rings. The first-order chi connectivity index (χ1) is 20.3.